The quantitative estimate of drug-likeness (QED) is 0.803. The van der Waals surface area contributed by atoms with Crippen molar-refractivity contribution in [3.8, 4) is 11.5 Å². The standard InChI is InChI=1S/C21H19F2N3O3S/c1-11-6-7-12(20-25-26(2)21(28)29-20)10-13(11)16-8-9-17(30-16)19(27)24-18-14(22)4-3-5-15(18)23/h3-8,10,14,17-18H,9H2,1-2H3,(H,24,27). The highest BCUT2D eigenvalue weighted by Gasteiger charge is 2.32. The number of halogens is 2. The number of nitrogens with zero attached hydrogens (tertiary/aromatic N) is 2. The summed E-state index contributed by atoms with van der Waals surface area (Å²) in [6.45, 7) is 1.94. The van der Waals surface area contributed by atoms with Gasteiger partial charge in [-0.05, 0) is 48.8 Å². The number of carbonyl (C=O) groups excluding carboxylic acids is 1. The van der Waals surface area contributed by atoms with E-state index in [9.17, 15) is 18.4 Å². The summed E-state index contributed by atoms with van der Waals surface area (Å²) in [6, 6.07) is 4.26. The highest BCUT2D eigenvalue weighted by atomic mass is 32.2. The molecule has 2 aliphatic rings. The minimum absolute atomic E-state index is 0.211. The van der Waals surface area contributed by atoms with Crippen LogP contribution in [0.3, 0.4) is 0 Å². The number of carbonyl (C=O) groups is 1. The number of nitrogens with one attached hydrogen (secondary N) is 1. The van der Waals surface area contributed by atoms with Gasteiger partial charge in [-0.15, -0.1) is 16.9 Å². The van der Waals surface area contributed by atoms with E-state index in [-0.39, 0.29) is 5.89 Å². The summed E-state index contributed by atoms with van der Waals surface area (Å²) in [4.78, 5) is 25.0. The Kier molecular flexibility index (Phi) is 5.46. The maximum Gasteiger partial charge on any atom is 0.437 e. The fourth-order valence-corrected chi connectivity index (χ4v) is 4.51. The number of thioether (sulfide) groups is 1. The van der Waals surface area contributed by atoms with Crippen molar-refractivity contribution in [1.82, 2.24) is 15.1 Å². The molecule has 1 aliphatic heterocycles. The number of hydrogen-bond donors (Lipinski definition) is 1. The Labute approximate surface area is 175 Å². The van der Waals surface area contributed by atoms with Crippen molar-refractivity contribution in [1.29, 1.82) is 0 Å². The number of alkyl halides is 1. The first-order chi connectivity index (χ1) is 14.3. The average Bonchev–Trinajstić information content (AvgIpc) is 3.32. The molecule has 4 rings (SSSR count). The van der Waals surface area contributed by atoms with Crippen LogP contribution >= 0.6 is 11.8 Å². The minimum atomic E-state index is -1.59. The van der Waals surface area contributed by atoms with Crippen molar-refractivity contribution < 1.29 is 18.0 Å². The van der Waals surface area contributed by atoms with E-state index in [1.807, 2.05) is 31.2 Å². The molecule has 2 heterocycles. The van der Waals surface area contributed by atoms with Gasteiger partial charge in [-0.1, -0.05) is 18.2 Å². The maximum absolute atomic E-state index is 13.9. The summed E-state index contributed by atoms with van der Waals surface area (Å²) in [5, 5.41) is 6.05. The molecule has 0 saturated carbocycles. The second-order valence-electron chi connectivity index (χ2n) is 7.10. The molecule has 1 aliphatic carbocycles. The molecule has 6 nitrogen and oxygen atoms in total. The highest BCUT2D eigenvalue weighted by Crippen LogP contribution is 2.41. The fourth-order valence-electron chi connectivity index (χ4n) is 3.30. The molecule has 30 heavy (non-hydrogen) atoms. The summed E-state index contributed by atoms with van der Waals surface area (Å²) >= 11 is 1.34. The SMILES string of the molecule is Cc1ccc(-c2nn(C)c(=O)o2)cc1C1=CCC(C(=O)NC2C(F)=CC=CC2F)S1. The minimum Gasteiger partial charge on any atom is -0.388 e. The first-order valence-electron chi connectivity index (χ1n) is 9.34. The summed E-state index contributed by atoms with van der Waals surface area (Å²) < 4.78 is 34.1. The van der Waals surface area contributed by atoms with Gasteiger partial charge in [0, 0.05) is 17.5 Å². The number of rotatable bonds is 4. The van der Waals surface area contributed by atoms with Crippen LogP contribution in [0, 0.1) is 6.92 Å². The summed E-state index contributed by atoms with van der Waals surface area (Å²) in [6.07, 6.45) is 4.44. The molecular formula is C21H19F2N3O3S. The lowest BCUT2D eigenvalue weighted by atomic mass is 10.0. The van der Waals surface area contributed by atoms with Gasteiger partial charge in [0.1, 0.15) is 18.0 Å². The number of benzene rings is 1. The maximum atomic E-state index is 13.9. The molecule has 1 aromatic carbocycles. The van der Waals surface area contributed by atoms with Crippen LogP contribution in [0.15, 0.2) is 57.5 Å². The zero-order valence-electron chi connectivity index (χ0n) is 16.3. The van der Waals surface area contributed by atoms with E-state index in [0.717, 1.165) is 26.8 Å². The van der Waals surface area contributed by atoms with Crippen LogP contribution in [0.4, 0.5) is 8.78 Å². The van der Waals surface area contributed by atoms with Crippen LogP contribution < -0.4 is 11.1 Å². The monoisotopic (exact) mass is 431 g/mol. The Hall–Kier alpha value is -2.94. The Balaban J connectivity index is 1.49. The molecule has 3 unspecified atom stereocenters. The van der Waals surface area contributed by atoms with Crippen molar-refractivity contribution >= 4 is 22.6 Å². The third-order valence-corrected chi connectivity index (χ3v) is 6.31. The first-order valence-corrected chi connectivity index (χ1v) is 10.2. The Bertz CT molecular complexity index is 1150. The van der Waals surface area contributed by atoms with Crippen molar-refractivity contribution in [2.45, 2.75) is 30.8 Å². The number of hydrogen-bond acceptors (Lipinski definition) is 5. The Morgan fingerprint density at radius 2 is 2.20 bits per heavy atom. The molecule has 3 atom stereocenters. The molecule has 1 amide bonds. The zero-order valence-corrected chi connectivity index (χ0v) is 17.1. The van der Waals surface area contributed by atoms with Gasteiger partial charge < -0.3 is 9.73 Å². The van der Waals surface area contributed by atoms with E-state index in [1.165, 1.54) is 31.0 Å². The van der Waals surface area contributed by atoms with E-state index < -0.39 is 35.0 Å². The van der Waals surface area contributed by atoms with Crippen LogP contribution in [0.1, 0.15) is 17.5 Å². The van der Waals surface area contributed by atoms with Crippen LogP contribution in [-0.4, -0.2) is 33.2 Å². The lowest BCUT2D eigenvalue weighted by Crippen LogP contribution is -2.45. The molecule has 156 valence electrons. The Morgan fingerprint density at radius 1 is 1.40 bits per heavy atom. The van der Waals surface area contributed by atoms with E-state index in [0.29, 0.717) is 12.0 Å². The smallest absolute Gasteiger partial charge is 0.388 e. The molecule has 0 fully saturated rings. The number of aromatic nitrogens is 2. The van der Waals surface area contributed by atoms with Crippen LogP contribution in [0.5, 0.6) is 0 Å². The van der Waals surface area contributed by atoms with E-state index in [4.69, 9.17) is 4.42 Å². The second-order valence-corrected chi connectivity index (χ2v) is 8.35. The molecule has 9 heteroatoms. The fraction of sp³-hybridized carbons (Fsp3) is 0.286. The molecule has 2 aromatic rings. The summed E-state index contributed by atoms with van der Waals surface area (Å²) in [5.41, 5.74) is 2.51. The lowest BCUT2D eigenvalue weighted by molar-refractivity contribution is -0.121. The molecule has 0 spiro atoms. The predicted molar refractivity (Wildman–Crippen MR) is 111 cm³/mol. The number of amides is 1. The van der Waals surface area contributed by atoms with Crippen molar-refractivity contribution in [2.24, 2.45) is 7.05 Å². The topological polar surface area (TPSA) is 77.1 Å². The molecule has 0 saturated heterocycles. The molecular weight excluding hydrogens is 412 g/mol. The van der Waals surface area contributed by atoms with E-state index in [2.05, 4.69) is 10.4 Å². The zero-order chi connectivity index (χ0) is 21.4. The van der Waals surface area contributed by atoms with Gasteiger partial charge >= 0.3 is 5.76 Å². The number of allylic oxidation sites excluding steroid dienone is 3. The predicted octanol–water partition coefficient (Wildman–Crippen LogP) is 3.44. The van der Waals surface area contributed by atoms with Crippen molar-refractivity contribution in [2.75, 3.05) is 0 Å². The number of aryl methyl sites for hydroxylation is 2. The highest BCUT2D eigenvalue weighted by molar-refractivity contribution is 8.09. The first kappa shape index (κ1) is 20.3. The largest absolute Gasteiger partial charge is 0.437 e. The van der Waals surface area contributed by atoms with Crippen LogP contribution in [-0.2, 0) is 11.8 Å². The molecule has 0 radical (unpaired) electrons. The normalized spacial score (nSPS) is 23.3. The van der Waals surface area contributed by atoms with Crippen molar-refractivity contribution in [3.05, 3.63) is 70.0 Å². The molecule has 1 N–H and O–H groups in total. The van der Waals surface area contributed by atoms with E-state index >= 15 is 0 Å². The van der Waals surface area contributed by atoms with Gasteiger partial charge in [0.25, 0.3) is 0 Å². The van der Waals surface area contributed by atoms with Gasteiger partial charge in [-0.25, -0.2) is 13.6 Å². The Morgan fingerprint density at radius 3 is 2.90 bits per heavy atom. The molecule has 1 aromatic heterocycles. The summed E-state index contributed by atoms with van der Waals surface area (Å²) in [7, 11) is 1.51. The van der Waals surface area contributed by atoms with Gasteiger partial charge in [-0.2, -0.15) is 4.68 Å². The second kappa shape index (κ2) is 8.06. The third-order valence-electron chi connectivity index (χ3n) is 4.98. The van der Waals surface area contributed by atoms with Crippen molar-refractivity contribution in [3.63, 3.8) is 0 Å². The van der Waals surface area contributed by atoms with Gasteiger partial charge in [-0.3, -0.25) is 4.79 Å². The van der Waals surface area contributed by atoms with Gasteiger partial charge in [0.2, 0.25) is 11.8 Å². The third kappa shape index (κ3) is 3.89. The van der Waals surface area contributed by atoms with Crippen LogP contribution in [0.2, 0.25) is 0 Å². The van der Waals surface area contributed by atoms with Gasteiger partial charge in [0.15, 0.2) is 0 Å². The lowest BCUT2D eigenvalue weighted by Gasteiger charge is -2.22. The summed E-state index contributed by atoms with van der Waals surface area (Å²) in [5.74, 6) is -1.45. The van der Waals surface area contributed by atoms with E-state index in [1.54, 1.807) is 0 Å². The van der Waals surface area contributed by atoms with Gasteiger partial charge in [0.05, 0.1) is 5.25 Å². The molecule has 0 bridgehead atoms. The average molecular weight is 431 g/mol. The van der Waals surface area contributed by atoms with Crippen LogP contribution in [0.25, 0.3) is 16.4 Å².